The fourth-order valence-electron chi connectivity index (χ4n) is 12.4. The van der Waals surface area contributed by atoms with E-state index in [0.717, 1.165) is 100 Å². The van der Waals surface area contributed by atoms with E-state index in [0.29, 0.717) is 50.7 Å². The van der Waals surface area contributed by atoms with E-state index in [1.807, 2.05) is 60.8 Å². The second-order valence-electron chi connectivity index (χ2n) is 19.2. The number of pyridine rings is 2. The van der Waals surface area contributed by atoms with Gasteiger partial charge in [0.05, 0.1) is 71.1 Å². The van der Waals surface area contributed by atoms with Crippen LogP contribution >= 0.6 is 34.0 Å². The van der Waals surface area contributed by atoms with Crippen LogP contribution in [0.25, 0.3) is 165 Å². The van der Waals surface area contributed by atoms with E-state index in [-0.39, 0.29) is 0 Å². The normalized spacial score (nSPS) is 12.2. The van der Waals surface area contributed by atoms with Crippen molar-refractivity contribution in [3.8, 4) is 40.0 Å². The van der Waals surface area contributed by atoms with Gasteiger partial charge in [-0.1, -0.05) is 127 Å². The fourth-order valence-corrected chi connectivity index (χ4v) is 16.1. The number of thiophene rings is 3. The van der Waals surface area contributed by atoms with Gasteiger partial charge in [-0.3, -0.25) is 9.97 Å². The number of furan rings is 1. The molecule has 76 heavy (non-hydrogen) atoms. The molecule has 9 aromatic carbocycles. The number of nitriles is 1. The summed E-state index contributed by atoms with van der Waals surface area (Å²) >= 11 is 5.29. The Labute approximate surface area is 443 Å². The predicted molar refractivity (Wildman–Crippen MR) is 319 cm³/mol. The highest BCUT2D eigenvalue weighted by Gasteiger charge is 2.35. The fraction of sp³-hybridized carbons (Fsp3) is 0. The monoisotopic (exact) mass is 1020 g/mol. The molecular weight excluding hydrogens is 989 g/mol. The molecule has 0 aliphatic rings. The summed E-state index contributed by atoms with van der Waals surface area (Å²) in [6.07, 6.45) is 3.56. The number of aromatic nitrogens is 4. The lowest BCUT2D eigenvalue weighted by atomic mass is 9.91. The molecule has 7 nitrogen and oxygen atoms in total. The molecule has 17 aromatic rings. The van der Waals surface area contributed by atoms with Crippen LogP contribution in [0.1, 0.15) is 5.56 Å². The largest absolute Gasteiger partial charge is 0.454 e. The molecule has 0 saturated carbocycles. The first-order chi connectivity index (χ1) is 37.7. The zero-order valence-corrected chi connectivity index (χ0v) is 42.2. The molecular formula is C66H32N6OS3. The third kappa shape index (κ3) is 5.41. The van der Waals surface area contributed by atoms with Crippen LogP contribution < -0.4 is 0 Å². The van der Waals surface area contributed by atoms with Crippen molar-refractivity contribution in [1.29, 1.82) is 5.26 Å². The van der Waals surface area contributed by atoms with Crippen LogP contribution in [0.4, 0.5) is 5.69 Å². The number of nitrogens with zero attached hydrogens (tertiary/aromatic N) is 6. The Morgan fingerprint density at radius 1 is 0.421 bits per heavy atom. The van der Waals surface area contributed by atoms with E-state index in [1.54, 1.807) is 40.2 Å². The molecule has 17 rings (SSSR count). The Morgan fingerprint density at radius 2 is 0.842 bits per heavy atom. The lowest BCUT2D eigenvalue weighted by Gasteiger charge is -2.25. The van der Waals surface area contributed by atoms with Gasteiger partial charge in [-0.25, -0.2) is 4.85 Å². The zero-order valence-electron chi connectivity index (χ0n) is 39.8. The van der Waals surface area contributed by atoms with E-state index in [4.69, 9.17) is 14.4 Å². The molecule has 0 bridgehead atoms. The summed E-state index contributed by atoms with van der Waals surface area (Å²) in [4.78, 5) is 15.0. The summed E-state index contributed by atoms with van der Waals surface area (Å²) in [5.74, 6) is 0. The van der Waals surface area contributed by atoms with Crippen LogP contribution in [-0.2, 0) is 0 Å². The first-order valence-corrected chi connectivity index (χ1v) is 27.3. The molecule has 0 atom stereocenters. The van der Waals surface area contributed by atoms with Gasteiger partial charge in [0.25, 0.3) is 0 Å². The molecule has 0 amide bonds. The molecule has 8 heterocycles. The van der Waals surface area contributed by atoms with Gasteiger partial charge in [0, 0.05) is 102 Å². The number of rotatable bonds is 4. The van der Waals surface area contributed by atoms with E-state index >= 15 is 0 Å². The summed E-state index contributed by atoms with van der Waals surface area (Å²) in [5, 5.41) is 25.3. The van der Waals surface area contributed by atoms with Crippen LogP contribution in [-0.4, -0.2) is 19.1 Å². The zero-order chi connectivity index (χ0) is 49.9. The van der Waals surface area contributed by atoms with Crippen molar-refractivity contribution in [2.75, 3.05) is 0 Å². The number of hydrogen-bond acceptors (Lipinski definition) is 7. The van der Waals surface area contributed by atoms with Crippen molar-refractivity contribution in [3.63, 3.8) is 0 Å². The van der Waals surface area contributed by atoms with Crippen LogP contribution in [0, 0.1) is 17.9 Å². The molecule has 0 spiro atoms. The van der Waals surface area contributed by atoms with E-state index < -0.39 is 0 Å². The van der Waals surface area contributed by atoms with Gasteiger partial charge in [-0.2, -0.15) is 5.26 Å². The third-order valence-electron chi connectivity index (χ3n) is 15.5. The van der Waals surface area contributed by atoms with Gasteiger partial charge >= 0.3 is 0 Å². The van der Waals surface area contributed by atoms with Crippen molar-refractivity contribution < 1.29 is 4.42 Å². The number of fused-ring (bicyclic) bond motifs is 22. The maximum absolute atomic E-state index is 12.3. The number of benzene rings is 9. The average Bonchev–Trinajstić information content (AvgIpc) is 4.41. The molecule has 0 saturated heterocycles. The highest BCUT2D eigenvalue weighted by Crippen LogP contribution is 2.56. The minimum atomic E-state index is 0.302. The lowest BCUT2D eigenvalue weighted by molar-refractivity contribution is 0.671. The lowest BCUT2D eigenvalue weighted by Crippen LogP contribution is -2.09. The minimum absolute atomic E-state index is 0.302. The Hall–Kier alpha value is -9.68. The molecule has 0 aliphatic carbocycles. The summed E-state index contributed by atoms with van der Waals surface area (Å²) in [5.41, 5.74) is 9.21. The first-order valence-electron chi connectivity index (χ1n) is 24.9. The van der Waals surface area contributed by atoms with Gasteiger partial charge in [0.15, 0.2) is 5.58 Å². The molecule has 0 fully saturated rings. The van der Waals surface area contributed by atoms with Gasteiger partial charge < -0.3 is 13.6 Å². The smallest absolute Gasteiger partial charge is 0.221 e. The summed E-state index contributed by atoms with van der Waals surface area (Å²) < 4.78 is 18.6. The number of hydrogen-bond donors (Lipinski definition) is 0. The Morgan fingerprint density at radius 3 is 1.33 bits per heavy atom. The molecule has 0 aliphatic heterocycles. The van der Waals surface area contributed by atoms with Gasteiger partial charge in [-0.05, 0) is 54.6 Å². The van der Waals surface area contributed by atoms with Crippen molar-refractivity contribution >= 4 is 166 Å². The molecule has 350 valence electrons. The molecule has 0 unspecified atom stereocenters. The second-order valence-corrected chi connectivity index (χ2v) is 22.4. The van der Waals surface area contributed by atoms with Gasteiger partial charge in [0.1, 0.15) is 11.7 Å². The Kier molecular flexibility index (Phi) is 8.48. The van der Waals surface area contributed by atoms with Crippen molar-refractivity contribution in [3.05, 3.63) is 211 Å². The van der Waals surface area contributed by atoms with E-state index in [1.165, 1.54) is 20.2 Å². The maximum atomic E-state index is 12.3. The van der Waals surface area contributed by atoms with Crippen LogP contribution in [0.3, 0.4) is 0 Å². The van der Waals surface area contributed by atoms with Crippen molar-refractivity contribution in [2.24, 2.45) is 0 Å². The minimum Gasteiger partial charge on any atom is -0.454 e. The predicted octanol–water partition coefficient (Wildman–Crippen LogP) is 19.4. The van der Waals surface area contributed by atoms with E-state index in [9.17, 15) is 11.8 Å². The average molecular weight is 1020 g/mol. The maximum Gasteiger partial charge on any atom is 0.221 e. The van der Waals surface area contributed by atoms with Crippen molar-refractivity contribution in [1.82, 2.24) is 19.1 Å². The van der Waals surface area contributed by atoms with Gasteiger partial charge in [0.2, 0.25) is 5.69 Å². The Balaban J connectivity index is 1.20. The SMILES string of the molecule is [C-]#[N+]c1c(-c2ccccn2)c(C#N)c(-n2c3c(ccc4c5ccccc5oc43)c3ccc4c5ccccc5sc4c32)c(-c2ccccn2)c1-n1c2c(ccc3c4ccccc4sc32)c2ccc3c4ccccc4sc3c21. The standard InChI is InChI=1S/C66H32N6OS3/c1-68-56-54(48-18-10-12-32-69-48)47(34-67)57(71-58-39(24-28-43-35-14-2-6-20-50(35)73-63(43)58)40-25-29-44-36-15-3-7-21-51(36)74-64(44)59(40)71)55(49-19-11-13-33-70-49)62(56)72-60-41(26-30-45-37-16-4-8-22-52(37)75-65(45)60)42-27-31-46-38-17-5-9-23-53(38)76-66(46)61(42)72/h2-33H. The first kappa shape index (κ1) is 41.8. The highest BCUT2D eigenvalue weighted by atomic mass is 32.1. The summed E-state index contributed by atoms with van der Waals surface area (Å²) in [7, 11) is 0. The third-order valence-corrected chi connectivity index (χ3v) is 19.1. The van der Waals surface area contributed by atoms with Crippen molar-refractivity contribution in [2.45, 2.75) is 0 Å². The molecule has 10 heteroatoms. The summed E-state index contributed by atoms with van der Waals surface area (Å²) in [6, 6.07) is 66.4. The van der Waals surface area contributed by atoms with E-state index in [2.05, 4.69) is 147 Å². The Bertz CT molecular complexity index is 4950. The molecule has 0 radical (unpaired) electrons. The molecule has 0 N–H and O–H groups in total. The highest BCUT2D eigenvalue weighted by molar-refractivity contribution is 7.27. The van der Waals surface area contributed by atoms with Gasteiger partial charge in [-0.15, -0.1) is 34.0 Å². The summed E-state index contributed by atoms with van der Waals surface area (Å²) in [6.45, 7) is 9.61. The second kappa shape index (κ2) is 15.4. The topological polar surface area (TPSA) is 76.9 Å². The van der Waals surface area contributed by atoms with Crippen LogP contribution in [0.15, 0.2) is 199 Å². The quantitative estimate of drug-likeness (QED) is 0.165. The van der Waals surface area contributed by atoms with Crippen LogP contribution in [0.5, 0.6) is 0 Å². The molecule has 8 aromatic heterocycles. The number of para-hydroxylation sites is 1. The van der Waals surface area contributed by atoms with Crippen LogP contribution in [0.2, 0.25) is 0 Å².